The first-order chi connectivity index (χ1) is 41.8. The summed E-state index contributed by atoms with van der Waals surface area (Å²) in [5.41, 5.74) is 3.78. The van der Waals surface area contributed by atoms with E-state index in [9.17, 15) is 47.9 Å². The van der Waals surface area contributed by atoms with Crippen molar-refractivity contribution in [2.45, 2.75) is 19.3 Å². The highest BCUT2D eigenvalue weighted by Crippen LogP contribution is 2.24. The van der Waals surface area contributed by atoms with Crippen LogP contribution in [0.2, 0.25) is 0 Å². The van der Waals surface area contributed by atoms with Gasteiger partial charge >= 0.3 is 0 Å². The molecule has 8 aromatic rings. The van der Waals surface area contributed by atoms with Crippen LogP contribution in [-0.2, 0) is 66.0 Å². The number of nitrogens with zero attached hydrogens (tertiary/aromatic N) is 10. The van der Waals surface area contributed by atoms with Crippen molar-refractivity contribution in [3.63, 3.8) is 0 Å². The molecule has 88 heavy (non-hydrogen) atoms. The van der Waals surface area contributed by atoms with E-state index >= 15 is 0 Å². The van der Waals surface area contributed by atoms with Crippen LogP contribution in [-0.4, -0.2) is 146 Å². The molecule has 0 saturated carbocycles. The number of anilines is 7. The van der Waals surface area contributed by atoms with Gasteiger partial charge < -0.3 is 94.6 Å². The summed E-state index contributed by atoms with van der Waals surface area (Å²) >= 11 is 0. The summed E-state index contributed by atoms with van der Waals surface area (Å²) in [5, 5.41) is 27.6. The van der Waals surface area contributed by atoms with E-state index in [1.54, 1.807) is 120 Å². The van der Waals surface area contributed by atoms with E-state index in [-0.39, 0.29) is 77.5 Å². The van der Waals surface area contributed by atoms with Gasteiger partial charge in [-0.2, -0.15) is 0 Å². The van der Waals surface area contributed by atoms with Crippen LogP contribution in [0.3, 0.4) is 0 Å². The van der Waals surface area contributed by atoms with Gasteiger partial charge in [0.15, 0.2) is 5.82 Å². The number of amides is 10. The molecule has 0 radical (unpaired) electrons. The van der Waals surface area contributed by atoms with E-state index in [4.69, 9.17) is 0 Å². The molecule has 0 aliphatic heterocycles. The fourth-order valence-corrected chi connectivity index (χ4v) is 9.45. The van der Waals surface area contributed by atoms with Gasteiger partial charge in [0.2, 0.25) is 11.8 Å². The van der Waals surface area contributed by atoms with Gasteiger partial charge in [-0.3, -0.25) is 47.9 Å². The standard InChI is InChI=1S/C58H70N20O10/c1-70(2)18-11-14-59-48(79)12-15-61-51(81)41-21-35(28-72(41)4)64-54(84)44-24-38(31-75(44)7)67-56(86)46-23-37(30-77(46)9)66-53(83)43-20-34(27-74(43)6)63-49(80)13-16-62-52(82)42-22-36(29-73(42)5)65-55(85)45-25-39(32-76(45)8)68-57(87)47-26-40(33-78(47)10)69-58(88)50-60-17-19-71(50)3/h17,19-33H,11-16,18H2,1-10H3,(H,59,79)(H,61,81)(H,62,82)(H,63,80)(H,64,84)(H,65,85)(H,66,83)(H,67,86)(H,68,87)(H,69,88). The average molecular weight is 1210 g/mol. The van der Waals surface area contributed by atoms with Crippen molar-refractivity contribution < 1.29 is 47.9 Å². The Kier molecular flexibility index (Phi) is 19.5. The number of carbonyl (C=O) groups excluding carboxylic acids is 10. The first kappa shape index (κ1) is 62.9. The minimum Gasteiger partial charge on any atom is -0.356 e. The third kappa shape index (κ3) is 15.6. The van der Waals surface area contributed by atoms with Gasteiger partial charge in [-0.25, -0.2) is 4.98 Å². The van der Waals surface area contributed by atoms with Crippen LogP contribution < -0.4 is 53.2 Å². The molecule has 0 bridgehead atoms. The average Bonchev–Trinajstić information content (AvgIpc) is 2.38. The number of carbonyl (C=O) groups is 10. The number of rotatable bonds is 25. The molecule has 0 saturated heterocycles. The molecular formula is C58H70N20O10. The van der Waals surface area contributed by atoms with E-state index in [1.165, 1.54) is 71.5 Å². The molecule has 10 amide bonds. The van der Waals surface area contributed by atoms with E-state index in [0.717, 1.165) is 13.0 Å². The molecule has 0 spiro atoms. The third-order valence-electron chi connectivity index (χ3n) is 13.9. The fraction of sp³-hybridized carbons (Fsp3) is 0.293. The first-order valence-electron chi connectivity index (χ1n) is 27.6. The van der Waals surface area contributed by atoms with E-state index < -0.39 is 53.2 Å². The Morgan fingerprint density at radius 3 is 0.932 bits per heavy atom. The summed E-state index contributed by atoms with van der Waals surface area (Å²) in [5.74, 6) is -4.38. The molecule has 10 N–H and O–H groups in total. The van der Waals surface area contributed by atoms with Crippen LogP contribution in [0.4, 0.5) is 39.8 Å². The van der Waals surface area contributed by atoms with Crippen molar-refractivity contribution in [3.05, 3.63) is 144 Å². The first-order valence-corrected chi connectivity index (χ1v) is 27.6. The van der Waals surface area contributed by atoms with E-state index in [0.29, 0.717) is 46.4 Å². The smallest absolute Gasteiger partial charge is 0.291 e. The zero-order valence-corrected chi connectivity index (χ0v) is 50.2. The number of hydrogen-bond acceptors (Lipinski definition) is 12. The molecule has 8 rings (SSSR count). The lowest BCUT2D eigenvalue weighted by Gasteiger charge is -2.10. The van der Waals surface area contributed by atoms with Crippen molar-refractivity contribution >= 4 is 98.9 Å². The van der Waals surface area contributed by atoms with Gasteiger partial charge in [0.25, 0.3) is 47.3 Å². The van der Waals surface area contributed by atoms with Crippen LogP contribution >= 0.6 is 0 Å². The number of nitrogens with one attached hydrogen (secondary N) is 10. The molecule has 0 atom stereocenters. The van der Waals surface area contributed by atoms with E-state index in [2.05, 4.69) is 58.2 Å². The molecular weight excluding hydrogens is 1140 g/mol. The molecule has 0 unspecified atom stereocenters. The SMILES string of the molecule is CN(C)CCCNC(=O)CCNC(=O)c1cc(NC(=O)c2cc(NC(=O)c3cc(NC(=O)c4cc(NC(=O)CCNC(=O)c5cc(NC(=O)c6cc(NC(=O)c7cc(NC(=O)c8nccn8C)cn7C)cn6C)cn5C)cn4C)cn3C)cn2C)cn1C. The summed E-state index contributed by atoms with van der Waals surface area (Å²) in [4.78, 5) is 137. The molecule has 30 heteroatoms. The largest absolute Gasteiger partial charge is 0.356 e. The Labute approximate surface area is 504 Å². The quantitative estimate of drug-likeness (QED) is 0.0369. The Balaban J connectivity index is 0.760. The van der Waals surface area contributed by atoms with Crippen LogP contribution in [0.25, 0.3) is 0 Å². The summed E-state index contributed by atoms with van der Waals surface area (Å²) < 4.78 is 12.3. The van der Waals surface area contributed by atoms with Crippen molar-refractivity contribution in [2.75, 3.05) is 77.5 Å². The van der Waals surface area contributed by atoms with Gasteiger partial charge in [0.05, 0.1) is 39.8 Å². The molecule has 0 fully saturated rings. The summed E-state index contributed by atoms with van der Waals surface area (Å²) in [6.45, 7) is 1.47. The number of imidazole rings is 1. The number of aryl methyl sites for hydroxylation is 8. The maximum Gasteiger partial charge on any atom is 0.291 e. The predicted molar refractivity (Wildman–Crippen MR) is 328 cm³/mol. The fourth-order valence-electron chi connectivity index (χ4n) is 9.45. The Morgan fingerprint density at radius 1 is 0.352 bits per heavy atom. The third-order valence-corrected chi connectivity index (χ3v) is 13.9. The molecule has 30 nitrogen and oxygen atoms in total. The van der Waals surface area contributed by atoms with Gasteiger partial charge in [-0.05, 0) is 69.5 Å². The van der Waals surface area contributed by atoms with Crippen LogP contribution in [0.5, 0.6) is 0 Å². The highest BCUT2D eigenvalue weighted by molar-refractivity contribution is 6.10. The van der Waals surface area contributed by atoms with Gasteiger partial charge in [0.1, 0.15) is 39.9 Å². The second-order valence-electron chi connectivity index (χ2n) is 21.2. The lowest BCUT2D eigenvalue weighted by molar-refractivity contribution is -0.121. The second-order valence-corrected chi connectivity index (χ2v) is 21.2. The molecule has 462 valence electrons. The Morgan fingerprint density at radius 2 is 0.636 bits per heavy atom. The molecule has 8 aromatic heterocycles. The summed E-state index contributed by atoms with van der Waals surface area (Å²) in [7, 11) is 17.0. The zero-order valence-electron chi connectivity index (χ0n) is 50.2. The normalized spacial score (nSPS) is 11.0. The Hall–Kier alpha value is -11.2. The van der Waals surface area contributed by atoms with Crippen molar-refractivity contribution in [3.8, 4) is 0 Å². The van der Waals surface area contributed by atoms with Crippen molar-refractivity contribution in [1.29, 1.82) is 0 Å². The minimum atomic E-state index is -0.538. The molecule has 8 heterocycles. The monoisotopic (exact) mass is 1210 g/mol. The predicted octanol–water partition coefficient (Wildman–Crippen LogP) is 3.25. The molecule has 0 aromatic carbocycles. The lowest BCUT2D eigenvalue weighted by atomic mass is 10.3. The van der Waals surface area contributed by atoms with Gasteiger partial charge in [0, 0.05) is 145 Å². The summed E-state index contributed by atoms with van der Waals surface area (Å²) in [6.07, 6.45) is 14.9. The molecule has 0 aliphatic rings. The highest BCUT2D eigenvalue weighted by atomic mass is 16.2. The Bertz CT molecular complexity index is 4000. The zero-order chi connectivity index (χ0) is 63.7. The minimum absolute atomic E-state index is 0.0503. The van der Waals surface area contributed by atoms with Gasteiger partial charge in [-0.1, -0.05) is 0 Å². The topological polar surface area (TPSA) is 347 Å². The van der Waals surface area contributed by atoms with Crippen LogP contribution in [0, 0.1) is 0 Å². The second kappa shape index (κ2) is 27.2. The molecule has 0 aliphatic carbocycles. The summed E-state index contributed by atoms with van der Waals surface area (Å²) in [6, 6.07) is 10.4. The van der Waals surface area contributed by atoms with Crippen molar-refractivity contribution in [2.24, 2.45) is 56.4 Å². The maximum absolute atomic E-state index is 13.5. The van der Waals surface area contributed by atoms with E-state index in [1.807, 2.05) is 19.0 Å². The van der Waals surface area contributed by atoms with Crippen LogP contribution in [0.1, 0.15) is 103 Å². The van der Waals surface area contributed by atoms with Crippen LogP contribution in [0.15, 0.2) is 98.2 Å². The maximum atomic E-state index is 13.5. The van der Waals surface area contributed by atoms with Crippen molar-refractivity contribution in [1.82, 2.24) is 62.4 Å². The lowest BCUT2D eigenvalue weighted by Crippen LogP contribution is -2.32. The number of hydrogen-bond donors (Lipinski definition) is 10. The number of aromatic nitrogens is 9. The van der Waals surface area contributed by atoms with Gasteiger partial charge in [-0.15, -0.1) is 0 Å². The highest BCUT2D eigenvalue weighted by Gasteiger charge is 2.23.